The van der Waals surface area contributed by atoms with Gasteiger partial charge in [-0.1, -0.05) is 17.7 Å². The van der Waals surface area contributed by atoms with Crippen LogP contribution in [0.4, 0.5) is 16.2 Å². The minimum Gasteiger partial charge on any atom is -0.493 e. The normalized spacial score (nSPS) is 15.2. The fourth-order valence-corrected chi connectivity index (χ4v) is 3.62. The summed E-state index contributed by atoms with van der Waals surface area (Å²) in [4.78, 5) is 36.9. The van der Waals surface area contributed by atoms with E-state index in [-0.39, 0.29) is 27.7 Å². The third kappa shape index (κ3) is 3.67. The zero-order valence-electron chi connectivity index (χ0n) is 14.7. The number of nitro groups is 1. The SMILES string of the molecule is COc1cc(/C=C2\SC(=O)N(c3cccc(Cl)c3)C2=O)c([N+](=O)[O-])cc1OC. The number of hydrogen-bond acceptors (Lipinski definition) is 7. The Labute approximate surface area is 168 Å². The highest BCUT2D eigenvalue weighted by molar-refractivity contribution is 8.19. The number of benzene rings is 2. The molecule has 0 aromatic heterocycles. The zero-order chi connectivity index (χ0) is 20.4. The number of thioether (sulfide) groups is 1. The van der Waals surface area contributed by atoms with Crippen LogP contribution in [-0.4, -0.2) is 30.3 Å². The average molecular weight is 421 g/mol. The van der Waals surface area contributed by atoms with E-state index in [9.17, 15) is 19.7 Å². The van der Waals surface area contributed by atoms with E-state index in [4.69, 9.17) is 21.1 Å². The Hall–Kier alpha value is -3.04. The number of methoxy groups -OCH3 is 2. The summed E-state index contributed by atoms with van der Waals surface area (Å²) in [5, 5.41) is 11.3. The molecule has 0 N–H and O–H groups in total. The first-order valence-corrected chi connectivity index (χ1v) is 8.99. The minimum atomic E-state index is -0.602. The second-order valence-corrected chi connectivity index (χ2v) is 6.95. The maximum absolute atomic E-state index is 12.7. The lowest BCUT2D eigenvalue weighted by Gasteiger charge is -2.12. The quantitative estimate of drug-likeness (QED) is 0.398. The van der Waals surface area contributed by atoms with Crippen LogP contribution >= 0.6 is 23.4 Å². The average Bonchev–Trinajstić information content (AvgIpc) is 2.94. The molecule has 0 bridgehead atoms. The minimum absolute atomic E-state index is 0.0419. The topological polar surface area (TPSA) is 99.0 Å². The second-order valence-electron chi connectivity index (χ2n) is 5.52. The molecule has 1 aliphatic rings. The number of hydrogen-bond donors (Lipinski definition) is 0. The molecule has 1 fully saturated rings. The van der Waals surface area contributed by atoms with E-state index < -0.39 is 16.1 Å². The molecule has 28 heavy (non-hydrogen) atoms. The second kappa shape index (κ2) is 7.91. The first-order chi connectivity index (χ1) is 13.3. The Balaban J connectivity index is 2.05. The maximum atomic E-state index is 12.7. The van der Waals surface area contributed by atoms with E-state index in [1.807, 2.05) is 0 Å². The van der Waals surface area contributed by atoms with Crippen molar-refractivity contribution in [3.63, 3.8) is 0 Å². The van der Waals surface area contributed by atoms with Gasteiger partial charge >= 0.3 is 0 Å². The number of ether oxygens (including phenoxy) is 2. The van der Waals surface area contributed by atoms with E-state index in [2.05, 4.69) is 0 Å². The Morgan fingerprint density at radius 2 is 1.82 bits per heavy atom. The molecule has 1 saturated heterocycles. The highest BCUT2D eigenvalue weighted by Gasteiger charge is 2.37. The van der Waals surface area contributed by atoms with Crippen LogP contribution in [0.5, 0.6) is 11.5 Å². The van der Waals surface area contributed by atoms with E-state index in [0.29, 0.717) is 22.5 Å². The molecule has 144 valence electrons. The molecule has 1 heterocycles. The van der Waals surface area contributed by atoms with Crippen LogP contribution in [-0.2, 0) is 4.79 Å². The number of amides is 2. The van der Waals surface area contributed by atoms with Crippen molar-refractivity contribution in [2.24, 2.45) is 0 Å². The number of nitrogens with zero attached hydrogens (tertiary/aromatic N) is 2. The Morgan fingerprint density at radius 3 is 2.43 bits per heavy atom. The van der Waals surface area contributed by atoms with Gasteiger partial charge in [0.2, 0.25) is 0 Å². The largest absolute Gasteiger partial charge is 0.493 e. The Bertz CT molecular complexity index is 1020. The molecule has 2 aromatic rings. The van der Waals surface area contributed by atoms with Gasteiger partial charge in [-0.05, 0) is 42.1 Å². The highest BCUT2D eigenvalue weighted by atomic mass is 35.5. The van der Waals surface area contributed by atoms with Crippen molar-refractivity contribution in [3.8, 4) is 11.5 Å². The lowest BCUT2D eigenvalue weighted by Crippen LogP contribution is -2.27. The molecule has 8 nitrogen and oxygen atoms in total. The van der Waals surface area contributed by atoms with Crippen molar-refractivity contribution >= 4 is 52.0 Å². The van der Waals surface area contributed by atoms with Crippen LogP contribution < -0.4 is 14.4 Å². The highest BCUT2D eigenvalue weighted by Crippen LogP contribution is 2.40. The van der Waals surface area contributed by atoms with Crippen molar-refractivity contribution < 1.29 is 24.0 Å². The first-order valence-electron chi connectivity index (χ1n) is 7.79. The predicted molar refractivity (Wildman–Crippen MR) is 106 cm³/mol. The number of halogens is 1. The number of carbonyl (C=O) groups excluding carboxylic acids is 2. The molecule has 2 amide bonds. The van der Waals surface area contributed by atoms with Crippen molar-refractivity contribution in [2.45, 2.75) is 0 Å². The van der Waals surface area contributed by atoms with Crippen LogP contribution in [0, 0.1) is 10.1 Å². The number of carbonyl (C=O) groups is 2. The van der Waals surface area contributed by atoms with Crippen molar-refractivity contribution in [2.75, 3.05) is 19.1 Å². The van der Waals surface area contributed by atoms with Crippen molar-refractivity contribution in [1.29, 1.82) is 0 Å². The molecule has 0 unspecified atom stereocenters. The van der Waals surface area contributed by atoms with Crippen LogP contribution in [0.15, 0.2) is 41.3 Å². The fraction of sp³-hybridized carbons (Fsp3) is 0.111. The van der Waals surface area contributed by atoms with Gasteiger partial charge in [-0.25, -0.2) is 4.90 Å². The van der Waals surface area contributed by atoms with Gasteiger partial charge in [0.25, 0.3) is 16.8 Å². The standard InChI is InChI=1S/C18H13ClN2O6S/c1-26-14-6-10(13(21(24)25)9-15(14)27-2)7-16-17(22)20(18(23)28-16)12-5-3-4-11(19)8-12/h3-9H,1-2H3/b16-7-. The summed E-state index contributed by atoms with van der Waals surface area (Å²) in [5.74, 6) is -0.159. The number of anilines is 1. The number of nitro benzene ring substituents is 1. The van der Waals surface area contributed by atoms with Crippen LogP contribution in [0.2, 0.25) is 5.02 Å². The lowest BCUT2D eigenvalue weighted by atomic mass is 10.1. The van der Waals surface area contributed by atoms with Gasteiger partial charge in [0.05, 0.1) is 41.4 Å². The molecule has 3 rings (SSSR count). The molecule has 0 spiro atoms. The van der Waals surface area contributed by atoms with Crippen molar-refractivity contribution in [1.82, 2.24) is 0 Å². The van der Waals surface area contributed by atoms with Gasteiger partial charge in [0.15, 0.2) is 11.5 Å². The molecular formula is C18H13ClN2O6S. The summed E-state index contributed by atoms with van der Waals surface area (Å²) in [6.07, 6.45) is 1.29. The number of rotatable bonds is 5. The van der Waals surface area contributed by atoms with E-state index in [1.165, 1.54) is 38.5 Å². The molecule has 0 atom stereocenters. The lowest BCUT2D eigenvalue weighted by molar-refractivity contribution is -0.385. The predicted octanol–water partition coefficient (Wildman–Crippen LogP) is 4.51. The Morgan fingerprint density at radius 1 is 1.14 bits per heavy atom. The third-order valence-electron chi connectivity index (χ3n) is 3.88. The fourth-order valence-electron chi connectivity index (χ4n) is 2.60. The van der Waals surface area contributed by atoms with Gasteiger partial charge in [-0.15, -0.1) is 0 Å². The zero-order valence-corrected chi connectivity index (χ0v) is 16.2. The first kappa shape index (κ1) is 19.7. The van der Waals surface area contributed by atoms with Gasteiger partial charge in [0.1, 0.15) is 0 Å². The molecule has 0 saturated carbocycles. The summed E-state index contributed by atoms with van der Waals surface area (Å²) >= 11 is 6.61. The van der Waals surface area contributed by atoms with Crippen LogP contribution in [0.25, 0.3) is 6.08 Å². The molecule has 0 radical (unpaired) electrons. The molecular weight excluding hydrogens is 408 g/mol. The number of imide groups is 1. The summed E-state index contributed by atoms with van der Waals surface area (Å²) in [6.45, 7) is 0. The summed E-state index contributed by atoms with van der Waals surface area (Å²) in [6, 6.07) is 8.87. The summed E-state index contributed by atoms with van der Waals surface area (Å²) in [7, 11) is 2.75. The van der Waals surface area contributed by atoms with E-state index >= 15 is 0 Å². The van der Waals surface area contributed by atoms with Gasteiger partial charge in [0, 0.05) is 5.02 Å². The third-order valence-corrected chi connectivity index (χ3v) is 4.98. The van der Waals surface area contributed by atoms with E-state index in [1.54, 1.807) is 18.2 Å². The smallest absolute Gasteiger partial charge is 0.298 e. The molecule has 1 aliphatic heterocycles. The monoisotopic (exact) mass is 420 g/mol. The van der Waals surface area contributed by atoms with Gasteiger partial charge < -0.3 is 9.47 Å². The maximum Gasteiger partial charge on any atom is 0.298 e. The molecule has 2 aromatic carbocycles. The van der Waals surface area contributed by atoms with E-state index in [0.717, 1.165) is 4.90 Å². The van der Waals surface area contributed by atoms with Gasteiger partial charge in [-0.2, -0.15) is 0 Å². The van der Waals surface area contributed by atoms with Crippen LogP contribution in [0.1, 0.15) is 5.56 Å². The Kier molecular flexibility index (Phi) is 5.57. The van der Waals surface area contributed by atoms with Crippen LogP contribution in [0.3, 0.4) is 0 Å². The molecule has 10 heteroatoms. The van der Waals surface area contributed by atoms with Gasteiger partial charge in [-0.3, -0.25) is 19.7 Å². The molecule has 0 aliphatic carbocycles. The summed E-state index contributed by atoms with van der Waals surface area (Å²) in [5.41, 5.74) is 0.145. The summed E-state index contributed by atoms with van der Waals surface area (Å²) < 4.78 is 10.2. The van der Waals surface area contributed by atoms with Crippen molar-refractivity contribution in [3.05, 3.63) is 62.0 Å².